The molecule has 0 atom stereocenters. The fraction of sp³-hybridized carbons (Fsp3) is 0.238. The van der Waals surface area contributed by atoms with E-state index in [9.17, 15) is 14.7 Å². The molecule has 0 aromatic heterocycles. The van der Waals surface area contributed by atoms with Crippen LogP contribution in [0.15, 0.2) is 41.3 Å². The lowest BCUT2D eigenvalue weighted by Crippen LogP contribution is -2.32. The molecule has 0 unspecified atom stereocenters. The standard InChI is InChI=1S/C21H20ClNO3S/c1-12-7-8-15(11-13(12)2)18-19(27-10-9-24)21(26)23(20(18)25)17-6-4-5-16(22)14(17)3/h4-8,11,24H,9-10H2,1-3H3. The van der Waals surface area contributed by atoms with Crippen molar-refractivity contribution in [1.29, 1.82) is 0 Å². The van der Waals surface area contributed by atoms with Gasteiger partial charge in [-0.1, -0.05) is 35.9 Å². The van der Waals surface area contributed by atoms with E-state index in [1.807, 2.05) is 32.0 Å². The maximum Gasteiger partial charge on any atom is 0.272 e. The molecule has 4 nitrogen and oxygen atoms in total. The van der Waals surface area contributed by atoms with Gasteiger partial charge in [0.25, 0.3) is 11.8 Å². The number of carbonyl (C=O) groups excluding carboxylic acids is 2. The van der Waals surface area contributed by atoms with Crippen LogP contribution in [0.1, 0.15) is 22.3 Å². The van der Waals surface area contributed by atoms with Crippen molar-refractivity contribution in [3.8, 4) is 0 Å². The number of halogens is 1. The summed E-state index contributed by atoms with van der Waals surface area (Å²) in [4.78, 5) is 27.9. The minimum Gasteiger partial charge on any atom is -0.396 e. The van der Waals surface area contributed by atoms with E-state index in [4.69, 9.17) is 11.6 Å². The monoisotopic (exact) mass is 401 g/mol. The number of anilines is 1. The first kappa shape index (κ1) is 19.7. The molecule has 0 bridgehead atoms. The second-order valence-corrected chi connectivity index (χ2v) is 7.92. The van der Waals surface area contributed by atoms with Gasteiger partial charge in [0.2, 0.25) is 0 Å². The molecule has 0 aliphatic carbocycles. The number of thioether (sulfide) groups is 1. The summed E-state index contributed by atoms with van der Waals surface area (Å²) >= 11 is 7.40. The van der Waals surface area contributed by atoms with E-state index in [1.54, 1.807) is 25.1 Å². The van der Waals surface area contributed by atoms with Crippen LogP contribution >= 0.6 is 23.4 Å². The smallest absolute Gasteiger partial charge is 0.272 e. The SMILES string of the molecule is Cc1ccc(C2=C(SCCO)C(=O)N(c3cccc(Cl)c3C)C2=O)cc1C. The molecule has 1 aliphatic rings. The fourth-order valence-electron chi connectivity index (χ4n) is 3.00. The van der Waals surface area contributed by atoms with Gasteiger partial charge in [-0.15, -0.1) is 11.8 Å². The van der Waals surface area contributed by atoms with E-state index in [1.165, 1.54) is 16.7 Å². The molecule has 140 valence electrons. The molecule has 2 aromatic rings. The van der Waals surface area contributed by atoms with E-state index < -0.39 is 0 Å². The third-order valence-corrected chi connectivity index (χ3v) is 6.12. The van der Waals surface area contributed by atoms with Crippen LogP contribution in [0.5, 0.6) is 0 Å². The number of aliphatic hydroxyl groups is 1. The van der Waals surface area contributed by atoms with Crippen LogP contribution in [0.4, 0.5) is 5.69 Å². The second kappa shape index (κ2) is 7.89. The highest BCUT2D eigenvalue weighted by molar-refractivity contribution is 8.04. The highest BCUT2D eigenvalue weighted by Crippen LogP contribution is 2.40. The van der Waals surface area contributed by atoms with Crippen LogP contribution in [0.3, 0.4) is 0 Å². The summed E-state index contributed by atoms with van der Waals surface area (Å²) in [5.74, 6) is -0.406. The third-order valence-electron chi connectivity index (χ3n) is 4.65. The van der Waals surface area contributed by atoms with Gasteiger partial charge in [0.1, 0.15) is 0 Å². The van der Waals surface area contributed by atoms with Crippen LogP contribution in [0, 0.1) is 20.8 Å². The van der Waals surface area contributed by atoms with Gasteiger partial charge < -0.3 is 5.11 Å². The number of hydrogen-bond acceptors (Lipinski definition) is 4. The lowest BCUT2D eigenvalue weighted by molar-refractivity contribution is -0.119. The van der Waals surface area contributed by atoms with Gasteiger partial charge in [-0.25, -0.2) is 4.90 Å². The highest BCUT2D eigenvalue weighted by atomic mass is 35.5. The molecule has 2 amide bonds. The summed E-state index contributed by atoms with van der Waals surface area (Å²) in [7, 11) is 0. The Morgan fingerprint density at radius 1 is 1.04 bits per heavy atom. The highest BCUT2D eigenvalue weighted by Gasteiger charge is 2.40. The first-order valence-electron chi connectivity index (χ1n) is 8.56. The van der Waals surface area contributed by atoms with Gasteiger partial charge in [0.15, 0.2) is 0 Å². The van der Waals surface area contributed by atoms with E-state index in [0.29, 0.717) is 38.1 Å². The van der Waals surface area contributed by atoms with E-state index in [-0.39, 0.29) is 18.4 Å². The van der Waals surface area contributed by atoms with Crippen molar-refractivity contribution in [2.75, 3.05) is 17.3 Å². The van der Waals surface area contributed by atoms with Crippen molar-refractivity contribution in [1.82, 2.24) is 0 Å². The quantitative estimate of drug-likeness (QED) is 0.760. The number of amides is 2. The van der Waals surface area contributed by atoms with Crippen molar-refractivity contribution < 1.29 is 14.7 Å². The zero-order valence-corrected chi connectivity index (χ0v) is 16.9. The summed E-state index contributed by atoms with van der Waals surface area (Å²) in [5, 5.41) is 9.71. The van der Waals surface area contributed by atoms with Crippen molar-refractivity contribution in [3.63, 3.8) is 0 Å². The average Bonchev–Trinajstić information content (AvgIpc) is 2.88. The van der Waals surface area contributed by atoms with Gasteiger partial charge in [-0.2, -0.15) is 0 Å². The number of benzene rings is 2. The first-order valence-corrected chi connectivity index (χ1v) is 9.92. The van der Waals surface area contributed by atoms with Gasteiger partial charge in [0, 0.05) is 10.8 Å². The Balaban J connectivity index is 2.14. The Bertz CT molecular complexity index is 968. The molecular formula is C21H20ClNO3S. The predicted molar refractivity (Wildman–Crippen MR) is 111 cm³/mol. The zero-order chi connectivity index (χ0) is 19.7. The van der Waals surface area contributed by atoms with Crippen LogP contribution in [0.25, 0.3) is 5.57 Å². The molecule has 1 aliphatic heterocycles. The molecule has 0 radical (unpaired) electrons. The summed E-state index contributed by atoms with van der Waals surface area (Å²) in [5.41, 5.74) is 4.40. The molecular weight excluding hydrogens is 382 g/mol. The Labute approximate surface area is 167 Å². The maximum absolute atomic E-state index is 13.3. The molecule has 27 heavy (non-hydrogen) atoms. The number of nitrogens with zero attached hydrogens (tertiary/aromatic N) is 1. The molecule has 0 saturated heterocycles. The summed E-state index contributed by atoms with van der Waals surface area (Å²) in [6.07, 6.45) is 0. The van der Waals surface area contributed by atoms with E-state index >= 15 is 0 Å². The number of carbonyl (C=O) groups is 2. The van der Waals surface area contributed by atoms with Crippen molar-refractivity contribution >= 4 is 46.4 Å². The number of rotatable bonds is 5. The van der Waals surface area contributed by atoms with E-state index in [0.717, 1.165) is 11.1 Å². The lowest BCUT2D eigenvalue weighted by Gasteiger charge is -2.18. The van der Waals surface area contributed by atoms with Crippen LogP contribution < -0.4 is 4.90 Å². The Morgan fingerprint density at radius 3 is 2.44 bits per heavy atom. The molecule has 2 aromatic carbocycles. The van der Waals surface area contributed by atoms with Crippen LogP contribution in [-0.4, -0.2) is 29.3 Å². The van der Waals surface area contributed by atoms with Gasteiger partial charge in [-0.05, 0) is 55.2 Å². The van der Waals surface area contributed by atoms with Crippen molar-refractivity contribution in [3.05, 3.63) is 68.6 Å². The molecule has 0 fully saturated rings. The normalized spacial score (nSPS) is 14.5. The fourth-order valence-corrected chi connectivity index (χ4v) is 4.03. The number of aliphatic hydroxyl groups excluding tert-OH is 1. The Hall–Kier alpha value is -2.08. The van der Waals surface area contributed by atoms with Gasteiger partial charge in [0.05, 0.1) is 22.8 Å². The van der Waals surface area contributed by atoms with Gasteiger partial charge in [-0.3, -0.25) is 9.59 Å². The average molecular weight is 402 g/mol. The lowest BCUT2D eigenvalue weighted by atomic mass is 10.0. The van der Waals surface area contributed by atoms with Gasteiger partial charge >= 0.3 is 0 Å². The largest absolute Gasteiger partial charge is 0.396 e. The molecule has 1 N–H and O–H groups in total. The first-order chi connectivity index (χ1) is 12.9. The predicted octanol–water partition coefficient (Wildman–Crippen LogP) is 4.28. The van der Waals surface area contributed by atoms with Crippen molar-refractivity contribution in [2.45, 2.75) is 20.8 Å². The third kappa shape index (κ3) is 3.55. The molecule has 6 heteroatoms. The van der Waals surface area contributed by atoms with Crippen LogP contribution in [-0.2, 0) is 9.59 Å². The summed E-state index contributed by atoms with van der Waals surface area (Å²) < 4.78 is 0. The molecule has 0 saturated carbocycles. The van der Waals surface area contributed by atoms with E-state index in [2.05, 4.69) is 0 Å². The topological polar surface area (TPSA) is 57.6 Å². The summed E-state index contributed by atoms with van der Waals surface area (Å²) in [6, 6.07) is 10.9. The Morgan fingerprint density at radius 2 is 1.78 bits per heavy atom. The number of aryl methyl sites for hydroxylation is 2. The molecule has 3 rings (SSSR count). The minimum absolute atomic E-state index is 0.0773. The zero-order valence-electron chi connectivity index (χ0n) is 15.4. The Kier molecular flexibility index (Phi) is 5.75. The summed E-state index contributed by atoms with van der Waals surface area (Å²) in [6.45, 7) is 5.68. The minimum atomic E-state index is -0.378. The second-order valence-electron chi connectivity index (χ2n) is 6.40. The van der Waals surface area contributed by atoms with Crippen molar-refractivity contribution in [2.24, 2.45) is 0 Å². The number of hydrogen-bond donors (Lipinski definition) is 1. The number of imide groups is 1. The van der Waals surface area contributed by atoms with Crippen LogP contribution in [0.2, 0.25) is 5.02 Å². The molecule has 0 spiro atoms. The molecule has 1 heterocycles. The maximum atomic E-state index is 13.3.